The molecule has 9 heteroatoms. The number of benzene rings is 12. The van der Waals surface area contributed by atoms with Gasteiger partial charge >= 0.3 is 49.9 Å². The minimum atomic E-state index is -0.666. The van der Waals surface area contributed by atoms with Crippen LogP contribution in [-0.2, 0) is 11.2 Å². The van der Waals surface area contributed by atoms with Crippen LogP contribution in [-0.4, -0.2) is 0 Å². The van der Waals surface area contributed by atoms with Crippen LogP contribution in [0.1, 0.15) is 0 Å². The third-order valence-electron chi connectivity index (χ3n) is 11.9. The molecule has 12 rings (SSSR count). The van der Waals surface area contributed by atoms with Crippen molar-refractivity contribution in [3.8, 4) is 0 Å². The van der Waals surface area contributed by atoms with Crippen LogP contribution in [0.5, 0.6) is 0 Å². The molecule has 12 aromatic rings. The third kappa shape index (κ3) is 11.9. The summed E-state index contributed by atoms with van der Waals surface area (Å²) in [6.45, 7) is 0. The van der Waals surface area contributed by atoms with Crippen molar-refractivity contribution in [3.05, 3.63) is 276 Å². The molecule has 0 atom stereocenters. The molecule has 4 nitrogen and oxygen atoms in total. The molecule has 0 radical (unpaired) electrons. The van der Waals surface area contributed by atoms with E-state index in [1.165, 1.54) is 96.5 Å². The van der Waals surface area contributed by atoms with Gasteiger partial charge in [-0.05, 0) is 149 Å². The van der Waals surface area contributed by atoms with E-state index in [4.69, 9.17) is 21.0 Å². The maximum absolute atomic E-state index is 7.25. The van der Waals surface area contributed by atoms with E-state index in [2.05, 4.69) is 293 Å². The van der Waals surface area contributed by atoms with Gasteiger partial charge in [0.2, 0.25) is 0 Å². The fourth-order valence-electron chi connectivity index (χ4n) is 8.79. The first-order valence-electron chi connectivity index (χ1n) is 21.9. The predicted molar refractivity (Wildman–Crippen MR) is 317 cm³/mol. The molecule has 0 aliphatic carbocycles. The first-order valence-corrected chi connectivity index (χ1v) is 41.2. The number of hydrogen-bond donors (Lipinski definition) is 0. The molecule has 0 aliphatic heterocycles. The summed E-state index contributed by atoms with van der Waals surface area (Å²) in [5, 5.41) is 23.9. The molecular weight excluding hydrogens is 1280 g/mol. The van der Waals surface area contributed by atoms with Gasteiger partial charge in [-0.2, -0.15) is 0 Å². The Morgan fingerprint density at radius 1 is 0.232 bits per heavy atom. The SMILES string of the molecule is [I][W][I].[N-]=O.[N-]=O.c1ccc2cc(P(c3ccc4ccccc4c3)c3ccc4ccccc4c3)ccc2c1.c1ccc2cc(P(c3ccc4ccccc4c3)c3ccc4ccccc4c3)ccc2c1. The molecule has 0 saturated carbocycles. The number of fused-ring (bicyclic) bond motifs is 6. The summed E-state index contributed by atoms with van der Waals surface area (Å²) in [5.74, 6) is 0. The van der Waals surface area contributed by atoms with Crippen LogP contribution in [0.3, 0.4) is 0 Å². The Hall–Kier alpha value is -5.59. The van der Waals surface area contributed by atoms with Crippen molar-refractivity contribution in [1.82, 2.24) is 0 Å². The minimum Gasteiger partial charge on any atom is -0.577 e. The molecule has 336 valence electrons. The summed E-state index contributed by atoms with van der Waals surface area (Å²) in [6.07, 6.45) is 0. The van der Waals surface area contributed by atoms with E-state index in [0.29, 0.717) is 0 Å². The van der Waals surface area contributed by atoms with Crippen LogP contribution >= 0.6 is 54.5 Å². The summed E-state index contributed by atoms with van der Waals surface area (Å²) in [6, 6.07) is 93.6. The van der Waals surface area contributed by atoms with E-state index in [0.717, 1.165) is 0 Å². The summed E-state index contributed by atoms with van der Waals surface area (Å²) < 4.78 is 0. The molecule has 0 spiro atoms. The van der Waals surface area contributed by atoms with Gasteiger partial charge in [-0.15, -0.1) is 0 Å². The molecule has 0 aromatic heterocycles. The smallest absolute Gasteiger partial charge is 0.0134 e. The molecule has 0 fully saturated rings. The van der Waals surface area contributed by atoms with Crippen LogP contribution < -0.4 is 31.8 Å². The summed E-state index contributed by atoms with van der Waals surface area (Å²) in [7, 11) is -1.33. The van der Waals surface area contributed by atoms with E-state index in [-0.39, 0.29) is 11.2 Å². The van der Waals surface area contributed by atoms with Gasteiger partial charge in [0.1, 0.15) is 0 Å². The van der Waals surface area contributed by atoms with Gasteiger partial charge in [-0.1, -0.05) is 218 Å². The Kier molecular flexibility index (Phi) is 17.9. The van der Waals surface area contributed by atoms with Gasteiger partial charge in [-0.3, -0.25) is 0 Å². The van der Waals surface area contributed by atoms with Crippen molar-refractivity contribution in [2.45, 2.75) is 0 Å². The maximum atomic E-state index is 7.25. The number of halogens is 2. The van der Waals surface area contributed by atoms with Crippen molar-refractivity contribution in [3.63, 3.8) is 0 Å². The van der Waals surface area contributed by atoms with Crippen molar-refractivity contribution in [1.29, 1.82) is 0 Å². The van der Waals surface area contributed by atoms with Gasteiger partial charge in [0.25, 0.3) is 0 Å². The second kappa shape index (κ2) is 24.8. The minimum absolute atomic E-state index is 0.190. The van der Waals surface area contributed by atoms with E-state index in [1.54, 1.807) is 0 Å². The van der Waals surface area contributed by atoms with Crippen molar-refractivity contribution in [2.75, 3.05) is 0 Å². The van der Waals surface area contributed by atoms with Gasteiger partial charge in [0, 0.05) is 0 Å². The topological polar surface area (TPSA) is 78.7 Å². The van der Waals surface area contributed by atoms with E-state index < -0.39 is 15.8 Å². The predicted octanol–water partition coefficient (Wildman–Crippen LogP) is 16.2. The quantitative estimate of drug-likeness (QED) is 0.123. The number of hydrogen-bond acceptors (Lipinski definition) is 2. The summed E-state index contributed by atoms with van der Waals surface area (Å²) >= 11 is 5.07. The Labute approximate surface area is 433 Å². The van der Waals surface area contributed by atoms with Crippen molar-refractivity contribution < 1.29 is 11.2 Å². The fraction of sp³-hybridized carbons (Fsp3) is 0. The van der Waals surface area contributed by atoms with Gasteiger partial charge < -0.3 is 21.0 Å². The summed E-state index contributed by atoms with van der Waals surface area (Å²) in [5.41, 5.74) is 11.5. The van der Waals surface area contributed by atoms with Gasteiger partial charge in [0.05, 0.1) is 0 Å². The Morgan fingerprint density at radius 3 is 0.507 bits per heavy atom. The average molecular weight is 1320 g/mol. The van der Waals surface area contributed by atoms with E-state index >= 15 is 0 Å². The number of nitroso groups, excluding NO2 is 2. The molecule has 0 amide bonds. The summed E-state index contributed by atoms with van der Waals surface area (Å²) in [4.78, 5) is 14.5. The van der Waals surface area contributed by atoms with Crippen LogP contribution in [0.2, 0.25) is 0 Å². The normalized spacial score (nSPS) is 10.7. The molecule has 0 N–H and O–H groups in total. The third-order valence-corrected chi connectivity index (χ3v) is 16.7. The van der Waals surface area contributed by atoms with E-state index in [1.807, 2.05) is 0 Å². The fourth-order valence-corrected chi connectivity index (χ4v) is 13.5. The zero-order valence-corrected chi connectivity index (χ0v) is 46.1. The first kappa shape index (κ1) is 49.8. The Balaban J connectivity index is 0.000000165. The molecule has 0 aliphatic rings. The van der Waals surface area contributed by atoms with Crippen LogP contribution in [0, 0.1) is 9.81 Å². The van der Waals surface area contributed by atoms with Gasteiger partial charge in [0.15, 0.2) is 0 Å². The molecule has 12 aromatic carbocycles. The second-order valence-corrected chi connectivity index (χ2v) is 41.8. The number of rotatable bonds is 6. The number of nitrogens with zero attached hydrogens (tertiary/aromatic N) is 2. The molecule has 0 unspecified atom stereocenters. The second-order valence-electron chi connectivity index (χ2n) is 15.9. The van der Waals surface area contributed by atoms with Crippen molar-refractivity contribution in [2.24, 2.45) is 0 Å². The van der Waals surface area contributed by atoms with Crippen molar-refractivity contribution >= 4 is 151 Å². The van der Waals surface area contributed by atoms with E-state index in [9.17, 15) is 0 Å². The molecule has 0 bridgehead atoms. The van der Waals surface area contributed by atoms with Crippen LogP contribution in [0.25, 0.3) is 75.8 Å². The Bertz CT molecular complexity index is 3060. The largest absolute Gasteiger partial charge is 0.577 e. The zero-order valence-electron chi connectivity index (χ0n) is 37.0. The monoisotopic (exact) mass is 1320 g/mol. The van der Waals surface area contributed by atoms with Gasteiger partial charge in [-0.25, -0.2) is 0 Å². The van der Waals surface area contributed by atoms with Crippen LogP contribution in [0.4, 0.5) is 0 Å². The zero-order chi connectivity index (χ0) is 48.0. The average Bonchev–Trinajstić information content (AvgIpc) is 3.42. The molecule has 0 heterocycles. The first-order chi connectivity index (χ1) is 34.1. The molecular formula is C60H42I2N2O2P2W-2. The molecule has 69 heavy (non-hydrogen) atoms. The maximum Gasteiger partial charge on any atom is -0.0134 e. The van der Waals surface area contributed by atoms with Crippen LogP contribution in [0.15, 0.2) is 255 Å². The standard InChI is InChI=1S/2C30H21P.2HI.2NO.W/c2*1-4-10-25-19-28(16-13-22(25)7-1)31(29-17-14-23-8-2-5-11-26(23)20-29)30-18-15-24-9-3-6-12-27(24)21-30;;;2*1-2;/h2*1-21H;2*1H;;;/q;;;;2*-1;+2/p-2. The molecule has 0 saturated heterocycles. The Morgan fingerprint density at radius 2 is 0.362 bits per heavy atom.